The van der Waals surface area contributed by atoms with Crippen LogP contribution in [0.2, 0.25) is 0 Å². The summed E-state index contributed by atoms with van der Waals surface area (Å²) in [6.45, 7) is 6.55. The molecule has 184 valence electrons. The summed E-state index contributed by atoms with van der Waals surface area (Å²) >= 11 is 0. The molecular weight excluding hydrogens is 432 g/mol. The van der Waals surface area contributed by atoms with E-state index in [1.54, 1.807) is 0 Å². The van der Waals surface area contributed by atoms with Gasteiger partial charge >= 0.3 is 16.4 Å². The van der Waals surface area contributed by atoms with E-state index in [2.05, 4.69) is 20.8 Å². The molecular formula is C24H40O7S. The third-order valence-corrected chi connectivity index (χ3v) is 11.0. The lowest BCUT2D eigenvalue weighted by atomic mass is 9.43. The van der Waals surface area contributed by atoms with Crippen molar-refractivity contribution in [2.45, 2.75) is 97.2 Å². The molecule has 0 aromatic heterocycles. The highest BCUT2D eigenvalue weighted by atomic mass is 32.3. The van der Waals surface area contributed by atoms with Gasteiger partial charge in [-0.1, -0.05) is 20.8 Å². The van der Waals surface area contributed by atoms with Gasteiger partial charge in [0.2, 0.25) is 0 Å². The molecule has 4 fully saturated rings. The van der Waals surface area contributed by atoms with Crippen LogP contribution in [0.1, 0.15) is 85.0 Å². The maximum atomic E-state index is 11.9. The number of carbonyl (C=O) groups is 1. The molecule has 32 heavy (non-hydrogen) atoms. The Balaban J connectivity index is 1.67. The molecule has 4 saturated carbocycles. The predicted molar refractivity (Wildman–Crippen MR) is 119 cm³/mol. The molecule has 8 heteroatoms. The maximum absolute atomic E-state index is 11.9. The number of aliphatic hydroxyl groups is 1. The van der Waals surface area contributed by atoms with E-state index in [9.17, 15) is 22.9 Å². The first-order valence-electron chi connectivity index (χ1n) is 12.4. The van der Waals surface area contributed by atoms with E-state index in [-0.39, 0.29) is 29.8 Å². The molecule has 7 nitrogen and oxygen atoms in total. The zero-order valence-corrected chi connectivity index (χ0v) is 20.4. The number of aliphatic hydroxyl groups excluding tert-OH is 1. The van der Waals surface area contributed by atoms with Gasteiger partial charge in [0.25, 0.3) is 0 Å². The van der Waals surface area contributed by atoms with Crippen LogP contribution in [-0.2, 0) is 19.4 Å². The molecule has 0 aromatic rings. The number of carboxylic acid groups (broad SMARTS) is 1. The van der Waals surface area contributed by atoms with Gasteiger partial charge in [-0.2, -0.15) is 8.42 Å². The van der Waals surface area contributed by atoms with Gasteiger partial charge < -0.3 is 10.2 Å². The van der Waals surface area contributed by atoms with Crippen LogP contribution < -0.4 is 0 Å². The van der Waals surface area contributed by atoms with Crippen molar-refractivity contribution in [3.63, 3.8) is 0 Å². The Bertz CT molecular complexity index is 828. The summed E-state index contributed by atoms with van der Waals surface area (Å²) in [5.41, 5.74) is -0.358. The third-order valence-electron chi connectivity index (χ3n) is 10.5. The van der Waals surface area contributed by atoms with Gasteiger partial charge in [-0.15, -0.1) is 0 Å². The van der Waals surface area contributed by atoms with E-state index < -0.39 is 27.9 Å². The number of aliphatic carboxylic acids is 1. The van der Waals surface area contributed by atoms with E-state index in [0.29, 0.717) is 36.5 Å². The second kappa shape index (κ2) is 8.51. The fourth-order valence-corrected chi connectivity index (χ4v) is 9.56. The standard InChI is InChI=1S/C24H40O7S/c1-14(4-9-22(26)27)18-7-8-19-17-6-5-15-12-16(25)10-11-23(15,2)20(17)13-21(24(18,19)3)31-32(28,29)30/h14-21,25H,4-13H2,1-3H3,(H,26,27)(H,28,29,30)/t14-,15-,16-,17+,18-,19+,20+,21+,23+,24-/m1/s1. The van der Waals surface area contributed by atoms with Gasteiger partial charge in [-0.3, -0.25) is 9.35 Å². The number of rotatable bonds is 6. The van der Waals surface area contributed by atoms with Crippen molar-refractivity contribution in [2.75, 3.05) is 0 Å². The summed E-state index contributed by atoms with van der Waals surface area (Å²) in [4.78, 5) is 11.2. The fourth-order valence-electron chi connectivity index (χ4n) is 8.98. The van der Waals surface area contributed by atoms with E-state index in [1.165, 1.54) is 0 Å². The molecule has 0 bridgehead atoms. The van der Waals surface area contributed by atoms with Crippen LogP contribution in [-0.4, -0.2) is 41.4 Å². The Labute approximate surface area is 192 Å². The quantitative estimate of drug-likeness (QED) is 0.493. The van der Waals surface area contributed by atoms with Gasteiger partial charge in [0.1, 0.15) is 0 Å². The summed E-state index contributed by atoms with van der Waals surface area (Å²) in [5, 5.41) is 19.4. The second-order valence-electron chi connectivity index (χ2n) is 11.8. The Morgan fingerprint density at radius 2 is 1.81 bits per heavy atom. The molecule has 0 spiro atoms. The third kappa shape index (κ3) is 4.14. The highest BCUT2D eigenvalue weighted by molar-refractivity contribution is 7.80. The number of hydrogen-bond acceptors (Lipinski definition) is 5. The van der Waals surface area contributed by atoms with Crippen LogP contribution >= 0.6 is 0 Å². The Morgan fingerprint density at radius 1 is 1.09 bits per heavy atom. The maximum Gasteiger partial charge on any atom is 0.397 e. The monoisotopic (exact) mass is 472 g/mol. The van der Waals surface area contributed by atoms with Crippen LogP contribution in [0.4, 0.5) is 0 Å². The molecule has 3 N–H and O–H groups in total. The molecule has 0 amide bonds. The van der Waals surface area contributed by atoms with Crippen LogP contribution in [0, 0.1) is 46.3 Å². The number of fused-ring (bicyclic) bond motifs is 5. The first kappa shape index (κ1) is 24.4. The highest BCUT2D eigenvalue weighted by Crippen LogP contribution is 2.69. The molecule has 10 atom stereocenters. The average Bonchev–Trinajstić information content (AvgIpc) is 3.05. The van der Waals surface area contributed by atoms with Gasteiger partial charge in [0.15, 0.2) is 0 Å². The number of hydrogen-bond donors (Lipinski definition) is 3. The van der Waals surface area contributed by atoms with Crippen molar-refractivity contribution in [1.29, 1.82) is 0 Å². The molecule has 0 saturated heterocycles. The van der Waals surface area contributed by atoms with Crippen molar-refractivity contribution in [3.8, 4) is 0 Å². The smallest absolute Gasteiger partial charge is 0.397 e. The summed E-state index contributed by atoms with van der Waals surface area (Å²) in [6.07, 6.45) is 7.10. The van der Waals surface area contributed by atoms with Crippen LogP contribution in [0.3, 0.4) is 0 Å². The zero-order chi connectivity index (χ0) is 23.5. The molecule has 0 heterocycles. The summed E-state index contributed by atoms with van der Waals surface area (Å²) in [7, 11) is -4.61. The van der Waals surface area contributed by atoms with E-state index in [1.807, 2.05) is 0 Å². The van der Waals surface area contributed by atoms with E-state index >= 15 is 0 Å². The Hall–Kier alpha value is -0.700. The minimum Gasteiger partial charge on any atom is -0.481 e. The predicted octanol–water partition coefficient (Wildman–Crippen LogP) is 4.31. The van der Waals surface area contributed by atoms with Crippen LogP contribution in [0.25, 0.3) is 0 Å². The van der Waals surface area contributed by atoms with E-state index in [4.69, 9.17) is 9.29 Å². The van der Waals surface area contributed by atoms with Gasteiger partial charge in [-0.05, 0) is 98.7 Å². The SMILES string of the molecule is C[C@H](CCC(=O)O)[C@H]1CC[C@H]2[C@@H]3CC[C@@H]4C[C@H](O)CC[C@]4(C)[C@H]3C[C@H](OS(=O)(=O)O)[C@]12C. The fraction of sp³-hybridized carbons (Fsp3) is 0.958. The van der Waals surface area contributed by atoms with Crippen molar-refractivity contribution in [1.82, 2.24) is 0 Å². The van der Waals surface area contributed by atoms with Crippen molar-refractivity contribution < 1.29 is 32.2 Å². The van der Waals surface area contributed by atoms with Crippen molar-refractivity contribution in [2.24, 2.45) is 46.3 Å². The summed E-state index contributed by atoms with van der Waals surface area (Å²) in [5.74, 6) is 1.03. The zero-order valence-electron chi connectivity index (χ0n) is 19.6. The van der Waals surface area contributed by atoms with E-state index in [0.717, 1.165) is 44.9 Å². The first-order valence-corrected chi connectivity index (χ1v) is 13.8. The van der Waals surface area contributed by atoms with Gasteiger partial charge in [-0.25, -0.2) is 4.18 Å². The number of carboxylic acids is 1. The molecule has 0 unspecified atom stereocenters. The van der Waals surface area contributed by atoms with Gasteiger partial charge in [0, 0.05) is 11.8 Å². The van der Waals surface area contributed by atoms with Crippen LogP contribution in [0.15, 0.2) is 0 Å². The summed E-state index contributed by atoms with van der Waals surface area (Å²) in [6, 6.07) is 0. The van der Waals surface area contributed by atoms with Gasteiger partial charge in [0.05, 0.1) is 12.2 Å². The van der Waals surface area contributed by atoms with Crippen molar-refractivity contribution in [3.05, 3.63) is 0 Å². The molecule has 0 aliphatic heterocycles. The lowest BCUT2D eigenvalue weighted by molar-refractivity contribution is -0.168. The lowest BCUT2D eigenvalue weighted by Gasteiger charge is -2.62. The highest BCUT2D eigenvalue weighted by Gasteiger charge is 2.65. The van der Waals surface area contributed by atoms with Crippen LogP contribution in [0.5, 0.6) is 0 Å². The normalized spacial score (nSPS) is 47.2. The summed E-state index contributed by atoms with van der Waals surface area (Å²) < 4.78 is 39.0. The lowest BCUT2D eigenvalue weighted by Crippen LogP contribution is -2.59. The molecule has 4 aliphatic rings. The van der Waals surface area contributed by atoms with Crippen molar-refractivity contribution >= 4 is 16.4 Å². The molecule has 4 aliphatic carbocycles. The molecule has 0 aromatic carbocycles. The largest absolute Gasteiger partial charge is 0.481 e. The second-order valence-corrected chi connectivity index (χ2v) is 12.8. The molecule has 0 radical (unpaired) electrons. The topological polar surface area (TPSA) is 121 Å². The minimum atomic E-state index is -4.61. The first-order chi connectivity index (χ1) is 14.9. The average molecular weight is 473 g/mol. The Morgan fingerprint density at radius 3 is 2.47 bits per heavy atom. The Kier molecular flexibility index (Phi) is 6.49. The minimum absolute atomic E-state index is 0.0529. The molecule has 4 rings (SSSR count).